The Labute approximate surface area is 110 Å². The highest BCUT2D eigenvalue weighted by Crippen LogP contribution is 2.30. The third-order valence-electron chi connectivity index (χ3n) is 3.41. The van der Waals surface area contributed by atoms with Gasteiger partial charge < -0.3 is 14.8 Å². The number of likely N-dealkylation sites (N-methyl/N-ethyl adjacent to an activating group) is 1. The number of halogens is 1. The van der Waals surface area contributed by atoms with Gasteiger partial charge in [-0.15, -0.1) is 0 Å². The molecule has 2 heterocycles. The molecule has 0 spiro atoms. The maximum absolute atomic E-state index is 11.8. The van der Waals surface area contributed by atoms with Crippen LogP contribution in [0.4, 0.5) is 5.69 Å². The Bertz CT molecular complexity index is 607. The molecule has 2 aromatic rings. The van der Waals surface area contributed by atoms with Crippen molar-refractivity contribution in [2.24, 2.45) is 0 Å². The molecule has 0 atom stereocenters. The Morgan fingerprint density at radius 3 is 2.94 bits per heavy atom. The third-order valence-corrected chi connectivity index (χ3v) is 3.63. The SMILES string of the molecule is CN1CCN(c2cc(Cl)cc3[nH]ccc23)CC1=O. The van der Waals surface area contributed by atoms with Crippen molar-refractivity contribution in [1.29, 1.82) is 0 Å². The lowest BCUT2D eigenvalue weighted by Crippen LogP contribution is -2.48. The molecule has 1 N–H and O–H groups in total. The smallest absolute Gasteiger partial charge is 0.241 e. The summed E-state index contributed by atoms with van der Waals surface area (Å²) in [5.41, 5.74) is 2.03. The van der Waals surface area contributed by atoms with Gasteiger partial charge in [0.2, 0.25) is 5.91 Å². The fraction of sp³-hybridized carbons (Fsp3) is 0.308. The van der Waals surface area contributed by atoms with Crippen molar-refractivity contribution in [2.75, 3.05) is 31.6 Å². The molecule has 1 aliphatic heterocycles. The molecule has 1 aromatic heterocycles. The van der Waals surface area contributed by atoms with Crippen molar-refractivity contribution in [3.05, 3.63) is 29.4 Å². The van der Waals surface area contributed by atoms with E-state index in [0.717, 1.165) is 29.7 Å². The van der Waals surface area contributed by atoms with Crippen LogP contribution < -0.4 is 4.90 Å². The second kappa shape index (κ2) is 4.21. The van der Waals surface area contributed by atoms with E-state index in [-0.39, 0.29) is 5.91 Å². The van der Waals surface area contributed by atoms with Gasteiger partial charge in [0.25, 0.3) is 0 Å². The monoisotopic (exact) mass is 263 g/mol. The summed E-state index contributed by atoms with van der Waals surface area (Å²) >= 11 is 6.12. The highest BCUT2D eigenvalue weighted by Gasteiger charge is 2.22. The molecule has 1 amide bonds. The van der Waals surface area contributed by atoms with Crippen molar-refractivity contribution in [2.45, 2.75) is 0 Å². The van der Waals surface area contributed by atoms with E-state index in [9.17, 15) is 4.79 Å². The molecular weight excluding hydrogens is 250 g/mol. The van der Waals surface area contributed by atoms with Crippen LogP contribution >= 0.6 is 11.6 Å². The number of fused-ring (bicyclic) bond motifs is 1. The fourth-order valence-electron chi connectivity index (χ4n) is 2.34. The van der Waals surface area contributed by atoms with Gasteiger partial charge in [0.1, 0.15) is 0 Å². The summed E-state index contributed by atoms with van der Waals surface area (Å²) < 4.78 is 0. The van der Waals surface area contributed by atoms with Crippen LogP contribution in [0.5, 0.6) is 0 Å². The number of aromatic nitrogens is 1. The number of carbonyl (C=O) groups excluding carboxylic acids is 1. The first-order valence-electron chi connectivity index (χ1n) is 5.91. The van der Waals surface area contributed by atoms with Crippen LogP contribution in [0.15, 0.2) is 24.4 Å². The van der Waals surface area contributed by atoms with Crippen molar-refractivity contribution in [3.63, 3.8) is 0 Å². The van der Waals surface area contributed by atoms with Crippen LogP contribution in [-0.2, 0) is 4.79 Å². The maximum Gasteiger partial charge on any atom is 0.241 e. The zero-order valence-corrected chi connectivity index (χ0v) is 10.9. The van der Waals surface area contributed by atoms with Crippen LogP contribution in [0.1, 0.15) is 0 Å². The standard InChI is InChI=1S/C13H14ClN3O/c1-16-4-5-17(8-13(16)18)12-7-9(14)6-11-10(12)2-3-15-11/h2-3,6-7,15H,4-5,8H2,1H3. The Morgan fingerprint density at radius 2 is 2.17 bits per heavy atom. The van der Waals surface area contributed by atoms with Gasteiger partial charge in [-0.05, 0) is 18.2 Å². The van der Waals surface area contributed by atoms with Crippen molar-refractivity contribution < 1.29 is 4.79 Å². The molecule has 5 heteroatoms. The lowest BCUT2D eigenvalue weighted by molar-refractivity contribution is -0.129. The maximum atomic E-state index is 11.8. The topological polar surface area (TPSA) is 39.3 Å². The lowest BCUT2D eigenvalue weighted by Gasteiger charge is -2.34. The molecule has 1 saturated heterocycles. The number of nitrogens with one attached hydrogen (secondary N) is 1. The Hall–Kier alpha value is -1.68. The molecule has 0 aliphatic carbocycles. The molecule has 3 rings (SSSR count). The molecule has 94 valence electrons. The number of benzene rings is 1. The summed E-state index contributed by atoms with van der Waals surface area (Å²) in [6, 6.07) is 5.85. The van der Waals surface area contributed by atoms with Gasteiger partial charge in [-0.1, -0.05) is 11.6 Å². The predicted octanol–water partition coefficient (Wildman–Crippen LogP) is 2.10. The van der Waals surface area contributed by atoms with E-state index >= 15 is 0 Å². The number of piperazine rings is 1. The quantitative estimate of drug-likeness (QED) is 0.856. The van der Waals surface area contributed by atoms with E-state index < -0.39 is 0 Å². The Balaban J connectivity index is 2.03. The molecule has 18 heavy (non-hydrogen) atoms. The summed E-state index contributed by atoms with van der Waals surface area (Å²) in [6.45, 7) is 2.00. The van der Waals surface area contributed by atoms with Crippen LogP contribution in [0, 0.1) is 0 Å². The summed E-state index contributed by atoms with van der Waals surface area (Å²) in [7, 11) is 1.84. The van der Waals surface area contributed by atoms with Gasteiger partial charge in [0.05, 0.1) is 6.54 Å². The third kappa shape index (κ3) is 1.82. The number of nitrogens with zero attached hydrogens (tertiary/aromatic N) is 2. The van der Waals surface area contributed by atoms with Crippen molar-refractivity contribution in [3.8, 4) is 0 Å². The van der Waals surface area contributed by atoms with Crippen LogP contribution in [0.25, 0.3) is 10.9 Å². The molecule has 0 unspecified atom stereocenters. The van der Waals surface area contributed by atoms with Gasteiger partial charge in [-0.2, -0.15) is 0 Å². The molecule has 1 fully saturated rings. The van der Waals surface area contributed by atoms with Gasteiger partial charge in [-0.25, -0.2) is 0 Å². The number of hydrogen-bond acceptors (Lipinski definition) is 2. The van der Waals surface area contributed by atoms with E-state index in [1.165, 1.54) is 0 Å². The summed E-state index contributed by atoms with van der Waals surface area (Å²) in [4.78, 5) is 18.8. The zero-order chi connectivity index (χ0) is 12.7. The fourth-order valence-corrected chi connectivity index (χ4v) is 2.55. The number of hydrogen-bond donors (Lipinski definition) is 1. The average Bonchev–Trinajstić information content (AvgIpc) is 2.79. The first kappa shape index (κ1) is 11.4. The first-order chi connectivity index (χ1) is 8.65. The Morgan fingerprint density at radius 1 is 1.33 bits per heavy atom. The van der Waals surface area contributed by atoms with E-state index in [1.54, 1.807) is 4.90 Å². The van der Waals surface area contributed by atoms with Crippen LogP contribution in [0.3, 0.4) is 0 Å². The van der Waals surface area contributed by atoms with Gasteiger partial charge in [0.15, 0.2) is 0 Å². The van der Waals surface area contributed by atoms with E-state index in [0.29, 0.717) is 11.6 Å². The van der Waals surface area contributed by atoms with E-state index in [1.807, 2.05) is 31.4 Å². The van der Waals surface area contributed by atoms with E-state index in [4.69, 9.17) is 11.6 Å². The summed E-state index contributed by atoms with van der Waals surface area (Å²) in [5.74, 6) is 0.143. The molecule has 1 aromatic carbocycles. The number of anilines is 1. The number of rotatable bonds is 1. The highest BCUT2D eigenvalue weighted by molar-refractivity contribution is 6.31. The lowest BCUT2D eigenvalue weighted by atomic mass is 10.1. The second-order valence-corrected chi connectivity index (χ2v) is 5.04. The summed E-state index contributed by atoms with van der Waals surface area (Å²) in [5, 5.41) is 1.79. The summed E-state index contributed by atoms with van der Waals surface area (Å²) in [6.07, 6.45) is 1.89. The minimum Gasteiger partial charge on any atom is -0.361 e. The minimum atomic E-state index is 0.143. The highest BCUT2D eigenvalue weighted by atomic mass is 35.5. The molecule has 0 bridgehead atoms. The predicted molar refractivity (Wildman–Crippen MR) is 73.2 cm³/mol. The molecule has 0 saturated carbocycles. The second-order valence-electron chi connectivity index (χ2n) is 4.60. The van der Waals surface area contributed by atoms with Gasteiger partial charge >= 0.3 is 0 Å². The number of aromatic amines is 1. The number of carbonyl (C=O) groups is 1. The average molecular weight is 264 g/mol. The van der Waals surface area contributed by atoms with Crippen molar-refractivity contribution in [1.82, 2.24) is 9.88 Å². The number of amides is 1. The minimum absolute atomic E-state index is 0.143. The van der Waals surface area contributed by atoms with Crippen LogP contribution in [0.2, 0.25) is 5.02 Å². The molecule has 4 nitrogen and oxygen atoms in total. The Kier molecular flexibility index (Phi) is 2.67. The number of H-pyrrole nitrogens is 1. The van der Waals surface area contributed by atoms with Gasteiger partial charge in [0, 0.05) is 47.9 Å². The zero-order valence-electron chi connectivity index (χ0n) is 10.1. The van der Waals surface area contributed by atoms with Crippen LogP contribution in [-0.4, -0.2) is 42.5 Å². The van der Waals surface area contributed by atoms with Gasteiger partial charge in [-0.3, -0.25) is 4.79 Å². The van der Waals surface area contributed by atoms with E-state index in [2.05, 4.69) is 9.88 Å². The molecule has 1 aliphatic rings. The normalized spacial score (nSPS) is 16.7. The van der Waals surface area contributed by atoms with Crippen molar-refractivity contribution >= 4 is 34.1 Å². The largest absolute Gasteiger partial charge is 0.361 e. The molecular formula is C13H14ClN3O. The first-order valence-corrected chi connectivity index (χ1v) is 6.28. The molecule has 0 radical (unpaired) electrons.